The van der Waals surface area contributed by atoms with E-state index in [2.05, 4.69) is 27.9 Å². The van der Waals surface area contributed by atoms with E-state index in [9.17, 15) is 4.79 Å². The number of anilines is 1. The van der Waals surface area contributed by atoms with Crippen LogP contribution in [0.5, 0.6) is 0 Å². The van der Waals surface area contributed by atoms with Crippen LogP contribution in [0, 0.1) is 3.57 Å². The maximum Gasteiger partial charge on any atom is 0.226 e. The third-order valence-electron chi connectivity index (χ3n) is 1.82. The average molecular weight is 353 g/mol. The van der Waals surface area contributed by atoms with E-state index in [0.717, 1.165) is 3.57 Å². The highest BCUT2D eigenvalue weighted by Crippen LogP contribution is 2.24. The van der Waals surface area contributed by atoms with Crippen molar-refractivity contribution in [2.75, 3.05) is 5.32 Å². The van der Waals surface area contributed by atoms with Crippen LogP contribution < -0.4 is 11.1 Å². The van der Waals surface area contributed by atoms with Crippen molar-refractivity contribution in [3.63, 3.8) is 0 Å². The largest absolute Gasteiger partial charge is 0.325 e. The van der Waals surface area contributed by atoms with Crippen molar-refractivity contribution in [3.8, 4) is 0 Å². The molecule has 0 heterocycles. The molecule has 0 fully saturated rings. The molecule has 0 saturated heterocycles. The second-order valence-electron chi connectivity index (χ2n) is 4.34. The highest BCUT2D eigenvalue weighted by atomic mass is 127. The van der Waals surface area contributed by atoms with Crippen molar-refractivity contribution in [1.29, 1.82) is 0 Å². The summed E-state index contributed by atoms with van der Waals surface area (Å²) in [4.78, 5) is 11.6. The Morgan fingerprint density at radius 3 is 2.69 bits per heavy atom. The second-order valence-corrected chi connectivity index (χ2v) is 5.99. The molecule has 0 atom stereocenters. The monoisotopic (exact) mass is 352 g/mol. The molecule has 5 heteroatoms. The van der Waals surface area contributed by atoms with Gasteiger partial charge in [-0.2, -0.15) is 0 Å². The van der Waals surface area contributed by atoms with Gasteiger partial charge in [-0.25, -0.2) is 0 Å². The molecule has 0 bridgehead atoms. The predicted octanol–water partition coefficient (Wildman–Crippen LogP) is 3.01. The average Bonchev–Trinajstić information content (AvgIpc) is 2.06. The molecule has 3 N–H and O–H groups in total. The lowest BCUT2D eigenvalue weighted by Crippen LogP contribution is -2.36. The maximum atomic E-state index is 11.6. The molecule has 1 amide bonds. The van der Waals surface area contributed by atoms with Gasteiger partial charge in [-0.05, 0) is 54.6 Å². The summed E-state index contributed by atoms with van der Waals surface area (Å²) in [6.07, 6.45) is 0.259. The van der Waals surface area contributed by atoms with Crippen LogP contribution in [0.2, 0.25) is 5.02 Å². The van der Waals surface area contributed by atoms with Gasteiger partial charge in [0.2, 0.25) is 5.91 Å². The van der Waals surface area contributed by atoms with Crippen LogP contribution in [0.15, 0.2) is 18.2 Å². The number of halogens is 2. The molecular formula is C11H14ClIN2O. The Morgan fingerprint density at radius 1 is 1.56 bits per heavy atom. The molecule has 1 rings (SSSR count). The molecular weight excluding hydrogens is 338 g/mol. The van der Waals surface area contributed by atoms with Crippen molar-refractivity contribution < 1.29 is 4.79 Å². The van der Waals surface area contributed by atoms with E-state index in [1.807, 2.05) is 19.9 Å². The summed E-state index contributed by atoms with van der Waals surface area (Å²) in [5.41, 5.74) is 5.86. The van der Waals surface area contributed by atoms with Gasteiger partial charge in [0.15, 0.2) is 0 Å². The Balaban J connectivity index is 2.70. The first-order valence-electron chi connectivity index (χ1n) is 4.82. The molecule has 3 nitrogen and oxygen atoms in total. The minimum atomic E-state index is -0.514. The zero-order valence-electron chi connectivity index (χ0n) is 9.18. The van der Waals surface area contributed by atoms with Crippen LogP contribution in [0.25, 0.3) is 0 Å². The van der Waals surface area contributed by atoms with E-state index in [1.54, 1.807) is 12.1 Å². The predicted molar refractivity (Wildman–Crippen MR) is 75.7 cm³/mol. The minimum absolute atomic E-state index is 0.129. The van der Waals surface area contributed by atoms with Crippen molar-refractivity contribution in [2.45, 2.75) is 25.8 Å². The quantitative estimate of drug-likeness (QED) is 0.822. The van der Waals surface area contributed by atoms with Gasteiger partial charge in [0.25, 0.3) is 0 Å². The van der Waals surface area contributed by atoms with Crippen molar-refractivity contribution in [3.05, 3.63) is 26.8 Å². The summed E-state index contributed by atoms with van der Waals surface area (Å²) >= 11 is 8.15. The minimum Gasteiger partial charge on any atom is -0.325 e. The molecule has 0 aliphatic rings. The number of nitrogens with one attached hydrogen (secondary N) is 1. The SMILES string of the molecule is CC(C)(N)CC(=O)Nc1ccc(I)cc1Cl. The fraction of sp³-hybridized carbons (Fsp3) is 0.364. The van der Waals surface area contributed by atoms with Gasteiger partial charge in [-0.15, -0.1) is 0 Å². The normalized spacial score (nSPS) is 11.3. The molecule has 16 heavy (non-hydrogen) atoms. The third-order valence-corrected chi connectivity index (χ3v) is 2.81. The fourth-order valence-electron chi connectivity index (χ4n) is 1.20. The zero-order chi connectivity index (χ0) is 12.3. The van der Waals surface area contributed by atoms with Gasteiger partial charge in [0.05, 0.1) is 10.7 Å². The van der Waals surface area contributed by atoms with Crippen LogP contribution in [0.1, 0.15) is 20.3 Å². The molecule has 1 aromatic carbocycles. The van der Waals surface area contributed by atoms with Gasteiger partial charge in [-0.1, -0.05) is 11.6 Å². The molecule has 0 saturated carbocycles. The fourth-order valence-corrected chi connectivity index (χ4v) is 2.10. The highest BCUT2D eigenvalue weighted by molar-refractivity contribution is 14.1. The van der Waals surface area contributed by atoms with Gasteiger partial charge in [-0.3, -0.25) is 4.79 Å². The molecule has 0 radical (unpaired) electrons. The van der Waals surface area contributed by atoms with E-state index in [4.69, 9.17) is 17.3 Å². The topological polar surface area (TPSA) is 55.1 Å². The standard InChI is InChI=1S/C11H14ClIN2O/c1-11(2,14)6-10(16)15-9-4-3-7(13)5-8(9)12/h3-5H,6,14H2,1-2H3,(H,15,16). The highest BCUT2D eigenvalue weighted by Gasteiger charge is 2.16. The van der Waals surface area contributed by atoms with Gasteiger partial charge in [0, 0.05) is 15.5 Å². The smallest absolute Gasteiger partial charge is 0.226 e. The van der Waals surface area contributed by atoms with E-state index in [0.29, 0.717) is 10.7 Å². The number of nitrogens with two attached hydrogens (primary N) is 1. The number of amides is 1. The van der Waals surface area contributed by atoms with Gasteiger partial charge >= 0.3 is 0 Å². The Hall–Kier alpha value is -0.330. The molecule has 0 aromatic heterocycles. The van der Waals surface area contributed by atoms with Crippen LogP contribution in [0.4, 0.5) is 5.69 Å². The molecule has 0 aliphatic heterocycles. The first-order valence-corrected chi connectivity index (χ1v) is 6.27. The molecule has 0 unspecified atom stereocenters. The lowest BCUT2D eigenvalue weighted by Gasteiger charge is -2.17. The lowest BCUT2D eigenvalue weighted by atomic mass is 10.0. The van der Waals surface area contributed by atoms with E-state index in [-0.39, 0.29) is 12.3 Å². The summed E-state index contributed by atoms with van der Waals surface area (Å²) < 4.78 is 1.03. The summed E-state index contributed by atoms with van der Waals surface area (Å²) in [5.74, 6) is -0.129. The number of rotatable bonds is 3. The van der Waals surface area contributed by atoms with Crippen molar-refractivity contribution >= 4 is 45.8 Å². The first-order chi connectivity index (χ1) is 7.28. The molecule has 0 spiro atoms. The Kier molecular flexibility index (Phi) is 4.58. The number of benzene rings is 1. The number of carbonyl (C=O) groups is 1. The number of carbonyl (C=O) groups excluding carboxylic acids is 1. The molecule has 88 valence electrons. The summed E-state index contributed by atoms with van der Waals surface area (Å²) in [5, 5.41) is 3.28. The summed E-state index contributed by atoms with van der Waals surface area (Å²) in [7, 11) is 0. The zero-order valence-corrected chi connectivity index (χ0v) is 12.1. The first kappa shape index (κ1) is 13.7. The van der Waals surface area contributed by atoms with Gasteiger partial charge in [0.1, 0.15) is 0 Å². The maximum absolute atomic E-state index is 11.6. The van der Waals surface area contributed by atoms with Crippen molar-refractivity contribution in [1.82, 2.24) is 0 Å². The van der Waals surface area contributed by atoms with E-state index < -0.39 is 5.54 Å². The van der Waals surface area contributed by atoms with Crippen LogP contribution in [0.3, 0.4) is 0 Å². The Bertz CT molecular complexity index is 401. The second kappa shape index (κ2) is 5.33. The Morgan fingerprint density at radius 2 is 2.19 bits per heavy atom. The van der Waals surface area contributed by atoms with Crippen molar-refractivity contribution in [2.24, 2.45) is 5.73 Å². The summed E-state index contributed by atoms with van der Waals surface area (Å²) in [6.45, 7) is 3.62. The lowest BCUT2D eigenvalue weighted by molar-refractivity contribution is -0.117. The van der Waals surface area contributed by atoms with E-state index >= 15 is 0 Å². The van der Waals surface area contributed by atoms with E-state index in [1.165, 1.54) is 0 Å². The van der Waals surface area contributed by atoms with Crippen LogP contribution in [-0.4, -0.2) is 11.4 Å². The van der Waals surface area contributed by atoms with Gasteiger partial charge < -0.3 is 11.1 Å². The van der Waals surface area contributed by atoms with Crippen LogP contribution >= 0.6 is 34.2 Å². The third kappa shape index (κ3) is 4.67. The molecule has 0 aliphatic carbocycles. The van der Waals surface area contributed by atoms with Crippen LogP contribution in [-0.2, 0) is 4.79 Å². The number of hydrogen-bond donors (Lipinski definition) is 2. The summed E-state index contributed by atoms with van der Waals surface area (Å²) in [6, 6.07) is 5.46. The number of hydrogen-bond acceptors (Lipinski definition) is 2. The molecule has 1 aromatic rings. The Labute approximate surface area is 114 Å².